The van der Waals surface area contributed by atoms with Crippen LogP contribution in [0, 0.1) is 5.82 Å². The summed E-state index contributed by atoms with van der Waals surface area (Å²) in [7, 11) is 1.57. The van der Waals surface area contributed by atoms with Gasteiger partial charge in [-0.25, -0.2) is 9.40 Å². The summed E-state index contributed by atoms with van der Waals surface area (Å²) in [6.07, 6.45) is 3.21. The topological polar surface area (TPSA) is 53.0 Å². The number of carbonyl (C=O) groups excluding carboxylic acids is 2. The molecule has 2 aliphatic rings. The highest BCUT2D eigenvalue weighted by molar-refractivity contribution is 6.39. The number of likely N-dealkylation sites (tertiary alicyclic amines) is 1. The summed E-state index contributed by atoms with van der Waals surface area (Å²) < 4.78 is 13.3. The van der Waals surface area contributed by atoms with Gasteiger partial charge in [-0.2, -0.15) is 5.10 Å². The molecule has 0 bridgehead atoms. The van der Waals surface area contributed by atoms with Gasteiger partial charge in [0.1, 0.15) is 11.5 Å². The first kappa shape index (κ1) is 15.6. The highest BCUT2D eigenvalue weighted by Gasteiger charge is 2.33. The standard InChI is InChI=1S/C17H20FN3O2/c1-20-16(22)8-7-15(19-20)17(23)21-9-3-6-14(21)11-12-4-2-5-13(18)10-12/h2,4-5,10,14H,3,6-9,11H2,1H3/t14-/m1/s1. The molecule has 1 aromatic rings. The van der Waals surface area contributed by atoms with Crippen molar-refractivity contribution in [3.63, 3.8) is 0 Å². The Morgan fingerprint density at radius 1 is 1.39 bits per heavy atom. The van der Waals surface area contributed by atoms with Crippen molar-refractivity contribution in [3.05, 3.63) is 35.6 Å². The van der Waals surface area contributed by atoms with E-state index in [1.807, 2.05) is 11.0 Å². The van der Waals surface area contributed by atoms with Crippen molar-refractivity contribution in [2.75, 3.05) is 13.6 Å². The molecular weight excluding hydrogens is 297 g/mol. The van der Waals surface area contributed by atoms with E-state index in [-0.39, 0.29) is 23.7 Å². The zero-order chi connectivity index (χ0) is 16.4. The fraction of sp³-hybridized carbons (Fsp3) is 0.471. The second-order valence-electron chi connectivity index (χ2n) is 6.09. The number of hydrogen-bond acceptors (Lipinski definition) is 3. The van der Waals surface area contributed by atoms with Crippen LogP contribution in [0.2, 0.25) is 0 Å². The van der Waals surface area contributed by atoms with Crippen LogP contribution in [0.5, 0.6) is 0 Å². The number of rotatable bonds is 3. The molecule has 2 aliphatic heterocycles. The molecule has 122 valence electrons. The number of halogens is 1. The van der Waals surface area contributed by atoms with Crippen molar-refractivity contribution in [2.45, 2.75) is 38.1 Å². The maximum absolute atomic E-state index is 13.3. The van der Waals surface area contributed by atoms with Crippen LogP contribution in [0.25, 0.3) is 0 Å². The molecule has 0 N–H and O–H groups in total. The minimum atomic E-state index is -0.254. The predicted octanol–water partition coefficient (Wildman–Crippen LogP) is 1.97. The van der Waals surface area contributed by atoms with Crippen molar-refractivity contribution in [1.29, 1.82) is 0 Å². The molecule has 1 fully saturated rings. The summed E-state index contributed by atoms with van der Waals surface area (Å²) in [4.78, 5) is 26.0. The van der Waals surface area contributed by atoms with E-state index in [0.29, 0.717) is 31.5 Å². The number of hydrazone groups is 1. The predicted molar refractivity (Wildman–Crippen MR) is 84.3 cm³/mol. The third-order valence-electron chi connectivity index (χ3n) is 4.45. The first-order valence-corrected chi connectivity index (χ1v) is 7.94. The Morgan fingerprint density at radius 2 is 2.22 bits per heavy atom. The summed E-state index contributed by atoms with van der Waals surface area (Å²) in [5.74, 6) is -0.419. The van der Waals surface area contributed by atoms with Crippen LogP contribution in [0.3, 0.4) is 0 Å². The van der Waals surface area contributed by atoms with E-state index in [1.54, 1.807) is 13.1 Å². The van der Waals surface area contributed by atoms with E-state index >= 15 is 0 Å². The summed E-state index contributed by atoms with van der Waals surface area (Å²) >= 11 is 0. The largest absolute Gasteiger partial charge is 0.334 e. The van der Waals surface area contributed by atoms with Gasteiger partial charge in [0.25, 0.3) is 5.91 Å². The lowest BCUT2D eigenvalue weighted by atomic mass is 10.0. The Kier molecular flexibility index (Phi) is 4.41. The molecule has 1 saturated heterocycles. The quantitative estimate of drug-likeness (QED) is 0.856. The number of amides is 2. The molecule has 0 spiro atoms. The second-order valence-corrected chi connectivity index (χ2v) is 6.09. The molecule has 1 atom stereocenters. The molecule has 0 aliphatic carbocycles. The number of hydrogen-bond donors (Lipinski definition) is 0. The monoisotopic (exact) mass is 317 g/mol. The number of nitrogens with zero attached hydrogens (tertiary/aromatic N) is 3. The number of benzene rings is 1. The number of carbonyl (C=O) groups is 2. The Bertz CT molecular complexity index is 659. The molecule has 0 radical (unpaired) electrons. The zero-order valence-corrected chi connectivity index (χ0v) is 13.2. The van der Waals surface area contributed by atoms with Gasteiger partial charge in [-0.1, -0.05) is 12.1 Å². The summed E-state index contributed by atoms with van der Waals surface area (Å²) in [5.41, 5.74) is 1.34. The molecule has 2 amide bonds. The van der Waals surface area contributed by atoms with Crippen molar-refractivity contribution in [3.8, 4) is 0 Å². The third kappa shape index (κ3) is 3.41. The first-order chi connectivity index (χ1) is 11.0. The van der Waals surface area contributed by atoms with E-state index in [2.05, 4.69) is 5.10 Å². The molecule has 5 nitrogen and oxygen atoms in total. The van der Waals surface area contributed by atoms with Crippen LogP contribution in [-0.4, -0.2) is 47.1 Å². The van der Waals surface area contributed by atoms with E-state index in [0.717, 1.165) is 18.4 Å². The van der Waals surface area contributed by atoms with E-state index < -0.39 is 0 Å². The van der Waals surface area contributed by atoms with Crippen molar-refractivity contribution in [1.82, 2.24) is 9.91 Å². The van der Waals surface area contributed by atoms with E-state index in [9.17, 15) is 14.0 Å². The Hall–Kier alpha value is -2.24. The molecule has 1 aromatic carbocycles. The summed E-state index contributed by atoms with van der Waals surface area (Å²) in [6, 6.07) is 6.58. The van der Waals surface area contributed by atoms with Crippen LogP contribution in [-0.2, 0) is 16.0 Å². The van der Waals surface area contributed by atoms with Crippen LogP contribution in [0.4, 0.5) is 4.39 Å². The minimum Gasteiger partial charge on any atom is -0.334 e. The molecule has 0 unspecified atom stereocenters. The van der Waals surface area contributed by atoms with Gasteiger partial charge in [0.2, 0.25) is 5.91 Å². The van der Waals surface area contributed by atoms with Gasteiger partial charge in [0, 0.05) is 32.5 Å². The van der Waals surface area contributed by atoms with Gasteiger partial charge < -0.3 is 4.90 Å². The molecule has 0 aromatic heterocycles. The molecule has 2 heterocycles. The highest BCUT2D eigenvalue weighted by atomic mass is 19.1. The first-order valence-electron chi connectivity index (χ1n) is 7.94. The van der Waals surface area contributed by atoms with Gasteiger partial charge in [-0.05, 0) is 37.0 Å². The van der Waals surface area contributed by atoms with Crippen LogP contribution < -0.4 is 0 Å². The fourth-order valence-corrected chi connectivity index (χ4v) is 3.24. The molecule has 3 rings (SSSR count). The van der Waals surface area contributed by atoms with Crippen LogP contribution >= 0.6 is 0 Å². The molecule has 23 heavy (non-hydrogen) atoms. The Labute approximate surface area is 134 Å². The maximum atomic E-state index is 13.3. The smallest absolute Gasteiger partial charge is 0.270 e. The molecular formula is C17H20FN3O2. The van der Waals surface area contributed by atoms with Crippen LogP contribution in [0.15, 0.2) is 29.4 Å². The average molecular weight is 317 g/mol. The van der Waals surface area contributed by atoms with Crippen molar-refractivity contribution >= 4 is 17.5 Å². The minimum absolute atomic E-state index is 0.0648. The van der Waals surface area contributed by atoms with E-state index in [1.165, 1.54) is 17.1 Å². The fourth-order valence-electron chi connectivity index (χ4n) is 3.24. The Balaban J connectivity index is 1.72. The highest BCUT2D eigenvalue weighted by Crippen LogP contribution is 2.23. The third-order valence-corrected chi connectivity index (χ3v) is 4.45. The van der Waals surface area contributed by atoms with Gasteiger partial charge in [-0.15, -0.1) is 0 Å². The lowest BCUT2D eigenvalue weighted by molar-refractivity contribution is -0.130. The van der Waals surface area contributed by atoms with Gasteiger partial charge >= 0.3 is 0 Å². The second kappa shape index (κ2) is 6.48. The van der Waals surface area contributed by atoms with Crippen molar-refractivity contribution < 1.29 is 14.0 Å². The lowest BCUT2D eigenvalue weighted by Gasteiger charge is -2.27. The van der Waals surface area contributed by atoms with Gasteiger partial charge in [0.05, 0.1) is 0 Å². The van der Waals surface area contributed by atoms with Gasteiger partial charge in [0.15, 0.2) is 0 Å². The maximum Gasteiger partial charge on any atom is 0.270 e. The lowest BCUT2D eigenvalue weighted by Crippen LogP contribution is -2.43. The van der Waals surface area contributed by atoms with Gasteiger partial charge in [-0.3, -0.25) is 9.59 Å². The van der Waals surface area contributed by atoms with E-state index in [4.69, 9.17) is 0 Å². The SMILES string of the molecule is CN1N=C(C(=O)N2CCC[C@@H]2Cc2cccc(F)c2)CCC1=O. The summed E-state index contributed by atoms with van der Waals surface area (Å²) in [5, 5.41) is 5.36. The Morgan fingerprint density at radius 3 is 2.96 bits per heavy atom. The average Bonchev–Trinajstić information content (AvgIpc) is 2.97. The van der Waals surface area contributed by atoms with Crippen LogP contribution in [0.1, 0.15) is 31.2 Å². The van der Waals surface area contributed by atoms with Crippen molar-refractivity contribution in [2.24, 2.45) is 5.10 Å². The molecule has 6 heteroatoms. The normalized spacial score (nSPS) is 21.6. The summed E-state index contributed by atoms with van der Waals surface area (Å²) in [6.45, 7) is 0.690. The zero-order valence-electron chi connectivity index (χ0n) is 13.2. The molecule has 0 saturated carbocycles.